The fraction of sp³-hybridized carbons (Fsp3) is 0.512. The molecule has 3 amide bonds. The van der Waals surface area contributed by atoms with Gasteiger partial charge in [0.2, 0.25) is 11.5 Å². The lowest BCUT2D eigenvalue weighted by Gasteiger charge is -2.30. The SMILES string of the molecule is CC(=O)N=c1n(CCCOc2ccc(C3=NCCCN3C(=O)OC(C)(C)C)cc2)ccn1CCCOc1ccc(C2=NCCCN2C(=O)OC(C)(C)C)cc1. The summed E-state index contributed by atoms with van der Waals surface area (Å²) in [5.41, 5.74) is 1.05. The molecule has 0 atom stereocenters. The highest BCUT2D eigenvalue weighted by atomic mass is 16.6. The zero-order chi connectivity index (χ0) is 39.6. The van der Waals surface area contributed by atoms with Gasteiger partial charge in [-0.15, -0.1) is 0 Å². The Morgan fingerprint density at radius 3 is 1.42 bits per heavy atom. The molecule has 14 heteroatoms. The summed E-state index contributed by atoms with van der Waals surface area (Å²) in [4.78, 5) is 54.4. The second kappa shape index (κ2) is 18.3. The summed E-state index contributed by atoms with van der Waals surface area (Å²) in [5.74, 6) is 2.35. The standard InChI is InChI=1S/C41H55N7O7/c1-30(49)44-37-45(22-10-28-52-33-16-12-31(13-17-33)35-42-20-8-24-47(35)38(50)54-40(2,3)4)26-27-46(37)23-11-29-53-34-18-14-32(15-19-34)36-43-21-9-25-48(36)39(51)55-41(5,6)7/h12-19,26-27H,8-11,20-25,28-29H2,1-7H3. The van der Waals surface area contributed by atoms with Gasteiger partial charge in [0.25, 0.3) is 0 Å². The van der Waals surface area contributed by atoms with Crippen molar-refractivity contribution in [2.75, 3.05) is 39.4 Å². The van der Waals surface area contributed by atoms with E-state index in [4.69, 9.17) is 18.9 Å². The number of benzene rings is 2. The van der Waals surface area contributed by atoms with E-state index in [1.807, 2.05) is 112 Å². The van der Waals surface area contributed by atoms with Gasteiger partial charge in [0, 0.05) is 69.7 Å². The first-order chi connectivity index (χ1) is 26.2. The second-order valence-corrected chi connectivity index (χ2v) is 15.5. The first kappa shape index (κ1) is 40.8. The molecule has 1 aromatic heterocycles. The summed E-state index contributed by atoms with van der Waals surface area (Å²) in [6, 6.07) is 15.1. The predicted octanol–water partition coefficient (Wildman–Crippen LogP) is 6.45. The van der Waals surface area contributed by atoms with Crippen molar-refractivity contribution in [3.63, 3.8) is 0 Å². The minimum absolute atomic E-state index is 0.276. The number of imidazole rings is 1. The Bertz CT molecular complexity index is 1790. The van der Waals surface area contributed by atoms with Gasteiger partial charge in [0.15, 0.2) is 0 Å². The van der Waals surface area contributed by atoms with Crippen molar-refractivity contribution < 1.29 is 33.3 Å². The van der Waals surface area contributed by atoms with Crippen LogP contribution in [0.4, 0.5) is 9.59 Å². The molecule has 14 nitrogen and oxygen atoms in total. The van der Waals surface area contributed by atoms with Gasteiger partial charge in [0.1, 0.15) is 34.4 Å². The van der Waals surface area contributed by atoms with Crippen molar-refractivity contribution in [2.45, 2.75) is 98.4 Å². The van der Waals surface area contributed by atoms with E-state index in [0.29, 0.717) is 94.1 Å². The fourth-order valence-corrected chi connectivity index (χ4v) is 6.02. The Hall–Kier alpha value is -5.40. The molecule has 0 saturated carbocycles. The third-order valence-corrected chi connectivity index (χ3v) is 8.39. The number of hydrogen-bond acceptors (Lipinski definition) is 9. The van der Waals surface area contributed by atoms with Crippen LogP contribution >= 0.6 is 0 Å². The molecule has 0 fully saturated rings. The van der Waals surface area contributed by atoms with Crippen LogP contribution in [0, 0.1) is 0 Å². The normalized spacial score (nSPS) is 14.8. The molecule has 0 N–H and O–H groups in total. The summed E-state index contributed by atoms with van der Waals surface area (Å²) in [5, 5.41) is 0. The van der Waals surface area contributed by atoms with Gasteiger partial charge in [-0.3, -0.25) is 24.6 Å². The first-order valence-corrected chi connectivity index (χ1v) is 19.0. The van der Waals surface area contributed by atoms with E-state index in [1.165, 1.54) is 6.92 Å². The predicted molar refractivity (Wildman–Crippen MR) is 210 cm³/mol. The van der Waals surface area contributed by atoms with Crippen molar-refractivity contribution in [1.29, 1.82) is 0 Å². The molecule has 55 heavy (non-hydrogen) atoms. The number of aryl methyl sites for hydroxylation is 2. The largest absolute Gasteiger partial charge is 0.494 e. The molecule has 296 valence electrons. The maximum absolute atomic E-state index is 12.8. The minimum Gasteiger partial charge on any atom is -0.494 e. The van der Waals surface area contributed by atoms with E-state index < -0.39 is 23.4 Å². The number of aromatic nitrogens is 2. The van der Waals surface area contributed by atoms with Crippen LogP contribution in [0.2, 0.25) is 0 Å². The highest BCUT2D eigenvalue weighted by molar-refractivity contribution is 6.07. The van der Waals surface area contributed by atoms with Crippen LogP contribution in [-0.2, 0) is 27.4 Å². The molecule has 2 aromatic carbocycles. The molecular formula is C41H55N7O7. The van der Waals surface area contributed by atoms with Crippen molar-refractivity contribution in [1.82, 2.24) is 18.9 Å². The van der Waals surface area contributed by atoms with Crippen molar-refractivity contribution >= 4 is 29.8 Å². The molecular weight excluding hydrogens is 702 g/mol. The quantitative estimate of drug-likeness (QED) is 0.194. The summed E-state index contributed by atoms with van der Waals surface area (Å²) < 4.78 is 27.1. The summed E-state index contributed by atoms with van der Waals surface area (Å²) in [7, 11) is 0. The number of amidine groups is 2. The lowest BCUT2D eigenvalue weighted by Crippen LogP contribution is -2.44. The van der Waals surface area contributed by atoms with Crippen molar-refractivity contribution in [3.8, 4) is 11.5 Å². The van der Waals surface area contributed by atoms with Crippen LogP contribution in [0.1, 0.15) is 85.3 Å². The maximum Gasteiger partial charge on any atom is 0.416 e. The molecule has 2 aliphatic heterocycles. The van der Waals surface area contributed by atoms with Crippen LogP contribution in [-0.4, -0.2) is 99.3 Å². The van der Waals surface area contributed by atoms with Gasteiger partial charge in [-0.05, 0) is 116 Å². The minimum atomic E-state index is -0.591. The van der Waals surface area contributed by atoms with Gasteiger partial charge < -0.3 is 28.1 Å². The fourth-order valence-electron chi connectivity index (χ4n) is 6.02. The van der Waals surface area contributed by atoms with E-state index in [9.17, 15) is 14.4 Å². The third kappa shape index (κ3) is 12.0. The average molecular weight is 758 g/mol. The highest BCUT2D eigenvalue weighted by Crippen LogP contribution is 2.21. The summed E-state index contributed by atoms with van der Waals surface area (Å²) in [6.07, 6.45) is 6.00. The molecule has 0 spiro atoms. The highest BCUT2D eigenvalue weighted by Gasteiger charge is 2.29. The molecule has 2 aliphatic rings. The zero-order valence-corrected chi connectivity index (χ0v) is 33.2. The van der Waals surface area contributed by atoms with Crippen molar-refractivity contribution in [3.05, 3.63) is 77.7 Å². The number of aliphatic imine (C=N–C) groups is 2. The number of carbonyl (C=O) groups excluding carboxylic acids is 3. The van der Waals surface area contributed by atoms with Crippen LogP contribution in [0.5, 0.6) is 11.5 Å². The Balaban J connectivity index is 1.09. The second-order valence-electron chi connectivity index (χ2n) is 15.5. The Morgan fingerprint density at radius 1 is 0.655 bits per heavy atom. The summed E-state index contributed by atoms with van der Waals surface area (Å²) >= 11 is 0. The molecule has 0 radical (unpaired) electrons. The topological polar surface area (TPSA) is 142 Å². The van der Waals surface area contributed by atoms with E-state index in [2.05, 4.69) is 15.0 Å². The molecule has 0 unspecified atom stereocenters. The van der Waals surface area contributed by atoms with E-state index in [1.54, 1.807) is 9.80 Å². The van der Waals surface area contributed by atoms with Gasteiger partial charge in [-0.1, -0.05) is 0 Å². The number of rotatable bonds is 12. The lowest BCUT2D eigenvalue weighted by molar-refractivity contribution is -0.116. The van der Waals surface area contributed by atoms with Crippen LogP contribution < -0.4 is 15.1 Å². The number of carbonyl (C=O) groups is 3. The van der Waals surface area contributed by atoms with E-state index in [0.717, 1.165) is 24.0 Å². The van der Waals surface area contributed by atoms with Gasteiger partial charge in [-0.25, -0.2) is 9.59 Å². The zero-order valence-electron chi connectivity index (χ0n) is 33.2. The van der Waals surface area contributed by atoms with Crippen LogP contribution in [0.15, 0.2) is 75.9 Å². The van der Waals surface area contributed by atoms with Gasteiger partial charge in [0.05, 0.1) is 13.2 Å². The number of nitrogens with zero attached hydrogens (tertiary/aromatic N) is 7. The Kier molecular flexibility index (Phi) is 13.6. The maximum atomic E-state index is 12.8. The molecule has 0 aliphatic carbocycles. The Morgan fingerprint density at radius 2 is 1.05 bits per heavy atom. The Labute approximate surface area is 323 Å². The molecule has 5 rings (SSSR count). The third-order valence-electron chi connectivity index (χ3n) is 8.39. The van der Waals surface area contributed by atoms with E-state index in [-0.39, 0.29) is 5.91 Å². The smallest absolute Gasteiger partial charge is 0.416 e. The number of ether oxygens (including phenoxy) is 4. The first-order valence-electron chi connectivity index (χ1n) is 19.0. The molecule has 3 heterocycles. The molecule has 0 saturated heterocycles. The van der Waals surface area contributed by atoms with Crippen molar-refractivity contribution in [2.24, 2.45) is 15.0 Å². The van der Waals surface area contributed by atoms with Crippen LogP contribution in [0.25, 0.3) is 0 Å². The monoisotopic (exact) mass is 757 g/mol. The van der Waals surface area contributed by atoms with Gasteiger partial charge in [-0.2, -0.15) is 4.99 Å². The molecule has 0 bridgehead atoms. The van der Waals surface area contributed by atoms with Gasteiger partial charge >= 0.3 is 12.2 Å². The average Bonchev–Trinajstić information content (AvgIpc) is 3.51. The van der Waals surface area contributed by atoms with E-state index >= 15 is 0 Å². The lowest BCUT2D eigenvalue weighted by atomic mass is 10.1. The van der Waals surface area contributed by atoms with Crippen LogP contribution in [0.3, 0.4) is 0 Å². The number of amides is 3. The number of hydrogen-bond donors (Lipinski definition) is 0. The summed E-state index contributed by atoms with van der Waals surface area (Å²) in [6.45, 7) is 17.1. The molecule has 3 aromatic rings.